The van der Waals surface area contributed by atoms with Crippen molar-refractivity contribution < 1.29 is 9.53 Å². The average molecular weight is 373 g/mol. The summed E-state index contributed by atoms with van der Waals surface area (Å²) in [5.41, 5.74) is 0. The van der Waals surface area contributed by atoms with E-state index in [1.807, 2.05) is 39.5 Å². The number of carbonyl (C=O) groups excluding carboxylic acids is 1. The Morgan fingerprint density at radius 1 is 1.33 bits per heavy atom. The van der Waals surface area contributed by atoms with E-state index in [2.05, 4.69) is 15.5 Å². The summed E-state index contributed by atoms with van der Waals surface area (Å²) in [7, 11) is 0. The van der Waals surface area contributed by atoms with Crippen LogP contribution in [0.2, 0.25) is 0 Å². The molecule has 1 saturated heterocycles. The first kappa shape index (κ1) is 19.5. The van der Waals surface area contributed by atoms with Crippen LogP contribution in [-0.4, -0.2) is 57.6 Å². The lowest BCUT2D eigenvalue weighted by atomic mass is 10.2. The van der Waals surface area contributed by atoms with Crippen molar-refractivity contribution in [2.24, 2.45) is 0 Å². The maximum atomic E-state index is 12.7. The predicted molar refractivity (Wildman–Crippen MR) is 99.8 cm³/mol. The predicted octanol–water partition coefficient (Wildman–Crippen LogP) is 3.26. The number of ether oxygens (including phenoxy) is 1. The van der Waals surface area contributed by atoms with Gasteiger partial charge in [-0.3, -0.25) is 4.79 Å². The minimum Gasteiger partial charge on any atom is -0.376 e. The first-order valence-electron chi connectivity index (χ1n) is 8.56. The molecule has 1 fully saturated rings. The van der Waals surface area contributed by atoms with Crippen molar-refractivity contribution in [2.75, 3.05) is 18.5 Å². The van der Waals surface area contributed by atoms with Crippen LogP contribution in [0.4, 0.5) is 5.13 Å². The molecule has 1 aromatic rings. The maximum Gasteiger partial charge on any atom is 0.236 e. The van der Waals surface area contributed by atoms with Crippen LogP contribution >= 0.6 is 23.1 Å². The van der Waals surface area contributed by atoms with Gasteiger partial charge in [0, 0.05) is 25.2 Å². The molecule has 0 radical (unpaired) electrons. The van der Waals surface area contributed by atoms with Gasteiger partial charge in [-0.2, -0.15) is 0 Å². The van der Waals surface area contributed by atoms with Crippen LogP contribution in [-0.2, 0) is 9.53 Å². The van der Waals surface area contributed by atoms with Crippen molar-refractivity contribution in [3.8, 4) is 0 Å². The molecule has 2 atom stereocenters. The van der Waals surface area contributed by atoms with Crippen LogP contribution in [0, 0.1) is 0 Å². The van der Waals surface area contributed by atoms with Crippen LogP contribution in [0.3, 0.4) is 0 Å². The molecule has 2 unspecified atom stereocenters. The topological polar surface area (TPSA) is 67.4 Å². The first-order chi connectivity index (χ1) is 11.4. The van der Waals surface area contributed by atoms with Gasteiger partial charge in [0.05, 0.1) is 11.4 Å². The number of carbonyl (C=O) groups is 1. The zero-order valence-corrected chi connectivity index (χ0v) is 16.7. The minimum absolute atomic E-state index is 0.147. The molecule has 0 aliphatic carbocycles. The number of aromatic nitrogens is 2. The summed E-state index contributed by atoms with van der Waals surface area (Å²) in [6.45, 7) is 11.8. The monoisotopic (exact) mass is 372 g/mol. The highest BCUT2D eigenvalue weighted by Gasteiger charge is 2.26. The van der Waals surface area contributed by atoms with Gasteiger partial charge >= 0.3 is 0 Å². The molecule has 136 valence electrons. The summed E-state index contributed by atoms with van der Waals surface area (Å²) in [5.74, 6) is 0.147. The van der Waals surface area contributed by atoms with Crippen molar-refractivity contribution in [2.45, 2.75) is 75.2 Å². The van der Waals surface area contributed by atoms with E-state index in [1.165, 1.54) is 23.1 Å². The molecule has 0 bridgehead atoms. The summed E-state index contributed by atoms with van der Waals surface area (Å²) in [6, 6.07) is 0.386. The standard InChI is InChI=1S/C16H28N4O2S2/c1-10(2)20(11(3)4)14(21)12(5)23-16-19-18-15(24-16)17-9-13-7-6-8-22-13/h10-13H,6-9H2,1-5H3,(H,17,18). The Kier molecular flexibility index (Phi) is 7.31. The molecule has 1 aliphatic heterocycles. The molecule has 8 heteroatoms. The largest absolute Gasteiger partial charge is 0.376 e. The number of amides is 1. The summed E-state index contributed by atoms with van der Waals surface area (Å²) in [4.78, 5) is 14.6. The van der Waals surface area contributed by atoms with E-state index in [0.29, 0.717) is 0 Å². The number of nitrogens with one attached hydrogen (secondary N) is 1. The summed E-state index contributed by atoms with van der Waals surface area (Å²) < 4.78 is 6.40. The molecule has 0 spiro atoms. The van der Waals surface area contributed by atoms with Gasteiger partial charge in [-0.15, -0.1) is 10.2 Å². The summed E-state index contributed by atoms with van der Waals surface area (Å²) in [5, 5.41) is 12.2. The molecule has 0 aromatic carbocycles. The number of anilines is 1. The lowest BCUT2D eigenvalue weighted by molar-refractivity contribution is -0.133. The molecule has 1 N–H and O–H groups in total. The molecule has 6 nitrogen and oxygen atoms in total. The quantitative estimate of drug-likeness (QED) is 0.707. The maximum absolute atomic E-state index is 12.7. The SMILES string of the molecule is CC(Sc1nnc(NCC2CCCO2)s1)C(=O)N(C(C)C)C(C)C. The van der Waals surface area contributed by atoms with E-state index >= 15 is 0 Å². The Balaban J connectivity index is 1.87. The van der Waals surface area contributed by atoms with Crippen molar-refractivity contribution in [3.63, 3.8) is 0 Å². The molecule has 1 aromatic heterocycles. The van der Waals surface area contributed by atoms with E-state index in [1.54, 1.807) is 0 Å². The van der Waals surface area contributed by atoms with Gasteiger partial charge in [-0.05, 0) is 47.5 Å². The second kappa shape index (κ2) is 9.01. The van der Waals surface area contributed by atoms with Crippen molar-refractivity contribution >= 4 is 34.1 Å². The second-order valence-electron chi connectivity index (χ2n) is 6.58. The molecule has 1 amide bonds. The molecule has 2 rings (SSSR count). The van der Waals surface area contributed by atoms with Gasteiger partial charge < -0.3 is 15.0 Å². The van der Waals surface area contributed by atoms with E-state index < -0.39 is 0 Å². The summed E-state index contributed by atoms with van der Waals surface area (Å²) in [6.07, 6.45) is 2.50. The van der Waals surface area contributed by atoms with E-state index in [-0.39, 0.29) is 29.3 Å². The molecular formula is C16H28N4O2S2. The van der Waals surface area contributed by atoms with Gasteiger partial charge in [0.25, 0.3) is 0 Å². The van der Waals surface area contributed by atoms with Crippen molar-refractivity contribution in [3.05, 3.63) is 0 Å². The fourth-order valence-electron chi connectivity index (χ4n) is 2.85. The number of hydrogen-bond acceptors (Lipinski definition) is 7. The number of nitrogens with zero attached hydrogens (tertiary/aromatic N) is 3. The highest BCUT2D eigenvalue weighted by atomic mass is 32.2. The normalized spacial score (nSPS) is 19.0. The van der Waals surface area contributed by atoms with Gasteiger partial charge in [0.15, 0.2) is 4.34 Å². The van der Waals surface area contributed by atoms with Crippen LogP contribution in [0.5, 0.6) is 0 Å². The zero-order valence-electron chi connectivity index (χ0n) is 15.1. The van der Waals surface area contributed by atoms with Crippen LogP contribution in [0.1, 0.15) is 47.5 Å². The second-order valence-corrected chi connectivity index (χ2v) is 9.15. The molecule has 24 heavy (non-hydrogen) atoms. The molecule has 1 aliphatic rings. The fourth-order valence-corrected chi connectivity index (χ4v) is 4.81. The molecule has 2 heterocycles. The third-order valence-electron chi connectivity index (χ3n) is 3.90. The Bertz CT molecular complexity index is 522. The van der Waals surface area contributed by atoms with Crippen LogP contribution < -0.4 is 5.32 Å². The van der Waals surface area contributed by atoms with Crippen molar-refractivity contribution in [1.29, 1.82) is 0 Å². The van der Waals surface area contributed by atoms with Crippen molar-refractivity contribution in [1.82, 2.24) is 15.1 Å². The smallest absolute Gasteiger partial charge is 0.236 e. The Morgan fingerprint density at radius 2 is 2.04 bits per heavy atom. The third-order valence-corrected chi connectivity index (χ3v) is 5.96. The summed E-state index contributed by atoms with van der Waals surface area (Å²) >= 11 is 2.97. The third kappa shape index (κ3) is 5.32. The zero-order chi connectivity index (χ0) is 17.7. The van der Waals surface area contributed by atoms with Crippen LogP contribution in [0.25, 0.3) is 0 Å². The lowest BCUT2D eigenvalue weighted by Gasteiger charge is -2.32. The van der Waals surface area contributed by atoms with Gasteiger partial charge in [0.1, 0.15) is 0 Å². The van der Waals surface area contributed by atoms with E-state index in [4.69, 9.17) is 4.74 Å². The van der Waals surface area contributed by atoms with E-state index in [0.717, 1.165) is 35.5 Å². The highest BCUT2D eigenvalue weighted by Crippen LogP contribution is 2.30. The van der Waals surface area contributed by atoms with Crippen LogP contribution in [0.15, 0.2) is 4.34 Å². The molecule has 0 saturated carbocycles. The fraction of sp³-hybridized carbons (Fsp3) is 0.812. The molecular weight excluding hydrogens is 344 g/mol. The first-order valence-corrected chi connectivity index (χ1v) is 10.3. The Hall–Kier alpha value is -0.860. The van der Waals surface area contributed by atoms with E-state index in [9.17, 15) is 4.79 Å². The minimum atomic E-state index is -0.172. The van der Waals surface area contributed by atoms with Gasteiger partial charge in [-0.25, -0.2) is 0 Å². The number of thioether (sulfide) groups is 1. The highest BCUT2D eigenvalue weighted by molar-refractivity contribution is 8.02. The number of rotatable bonds is 8. The average Bonchev–Trinajstić information content (AvgIpc) is 3.15. The Morgan fingerprint density at radius 3 is 2.62 bits per heavy atom. The Labute approximate surface area is 152 Å². The van der Waals surface area contributed by atoms with Gasteiger partial charge in [-0.1, -0.05) is 23.1 Å². The van der Waals surface area contributed by atoms with Gasteiger partial charge in [0.2, 0.25) is 11.0 Å². The lowest BCUT2D eigenvalue weighted by Crippen LogP contribution is -2.45. The number of hydrogen-bond donors (Lipinski definition) is 1.